The number of quaternary nitrogens is 1. The van der Waals surface area contributed by atoms with Crippen LogP contribution in [-0.2, 0) is 9.53 Å². The van der Waals surface area contributed by atoms with Crippen molar-refractivity contribution in [2.24, 2.45) is 5.41 Å². The van der Waals surface area contributed by atoms with Crippen LogP contribution in [0.1, 0.15) is 53.9 Å². The number of hydrogen-bond donors (Lipinski definition) is 2. The van der Waals surface area contributed by atoms with Gasteiger partial charge in [-0.15, -0.1) is 0 Å². The van der Waals surface area contributed by atoms with Gasteiger partial charge in [0.25, 0.3) is 0 Å². The molecule has 102 valence electrons. The molecule has 0 radical (unpaired) electrons. The summed E-state index contributed by atoms with van der Waals surface area (Å²) < 4.78 is 5.79. The van der Waals surface area contributed by atoms with E-state index in [1.807, 2.05) is 0 Å². The van der Waals surface area contributed by atoms with E-state index in [9.17, 15) is 9.90 Å². The summed E-state index contributed by atoms with van der Waals surface area (Å²) in [5.74, 6) is -0.255. The van der Waals surface area contributed by atoms with E-state index in [1.165, 1.54) is 0 Å². The molecule has 4 heteroatoms. The number of rotatable bonds is 7. The molecular weight excluding hydrogens is 218 g/mol. The van der Waals surface area contributed by atoms with Gasteiger partial charge in [0.1, 0.15) is 0 Å². The van der Waals surface area contributed by atoms with Crippen molar-refractivity contribution in [3.05, 3.63) is 0 Å². The van der Waals surface area contributed by atoms with E-state index >= 15 is 0 Å². The van der Waals surface area contributed by atoms with Crippen molar-refractivity contribution < 1.29 is 20.4 Å². The summed E-state index contributed by atoms with van der Waals surface area (Å²) >= 11 is 0. The molecule has 0 fully saturated rings. The number of hydrogen-bond acceptors (Lipinski definition) is 3. The number of aliphatic hydroxyl groups excluding tert-OH is 1. The van der Waals surface area contributed by atoms with Gasteiger partial charge in [0, 0.05) is 0 Å². The molecule has 1 amide bonds. The van der Waals surface area contributed by atoms with Gasteiger partial charge in [-0.25, -0.2) is 4.79 Å². The number of aliphatic hydroxyl groups is 1. The summed E-state index contributed by atoms with van der Waals surface area (Å²) in [6, 6.07) is 0. The molecule has 0 aromatic carbocycles. The van der Waals surface area contributed by atoms with Gasteiger partial charge in [-0.1, -0.05) is 27.7 Å². The molecule has 17 heavy (non-hydrogen) atoms. The summed E-state index contributed by atoms with van der Waals surface area (Å²) in [7, 11) is 0. The van der Waals surface area contributed by atoms with Gasteiger partial charge in [0.2, 0.25) is 0 Å². The van der Waals surface area contributed by atoms with Crippen LogP contribution in [0.4, 0.5) is 0 Å². The molecule has 0 rings (SSSR count). The highest BCUT2D eigenvalue weighted by Gasteiger charge is 2.30. The minimum Gasteiger partial charge on any atom is -0.390 e. The Bertz CT molecular complexity index is 248. The maximum absolute atomic E-state index is 10.8. The highest BCUT2D eigenvalue weighted by atomic mass is 16.5. The SMILES string of the molecule is CCC(C)(CC(C)(C)C)OCC(O)CC([NH3+])=O. The van der Waals surface area contributed by atoms with Crippen LogP contribution in [-0.4, -0.2) is 29.3 Å². The van der Waals surface area contributed by atoms with Crippen molar-refractivity contribution in [3.8, 4) is 0 Å². The molecule has 4 N–H and O–H groups in total. The second-order valence-electron chi connectivity index (χ2n) is 6.25. The number of carbonyl (C=O) groups is 1. The molecule has 0 aromatic heterocycles. The summed E-state index contributed by atoms with van der Waals surface area (Å²) in [6.07, 6.45) is 1.12. The average molecular weight is 246 g/mol. The Morgan fingerprint density at radius 3 is 2.24 bits per heavy atom. The first kappa shape index (κ1) is 16.6. The Morgan fingerprint density at radius 2 is 1.88 bits per heavy atom. The largest absolute Gasteiger partial charge is 0.390 e. The zero-order valence-electron chi connectivity index (χ0n) is 11.9. The Labute approximate surface area is 105 Å². The van der Waals surface area contributed by atoms with Gasteiger partial charge in [0.15, 0.2) is 0 Å². The predicted octanol–water partition coefficient (Wildman–Crippen LogP) is 1.13. The predicted molar refractivity (Wildman–Crippen MR) is 67.2 cm³/mol. The van der Waals surface area contributed by atoms with Crippen LogP contribution in [0.15, 0.2) is 0 Å². The smallest absolute Gasteiger partial charge is 0.311 e. The van der Waals surface area contributed by atoms with Crippen LogP contribution in [0.5, 0.6) is 0 Å². The van der Waals surface area contributed by atoms with Crippen molar-refractivity contribution in [2.75, 3.05) is 6.61 Å². The van der Waals surface area contributed by atoms with Crippen molar-refractivity contribution in [2.45, 2.75) is 65.6 Å². The molecule has 0 aliphatic carbocycles. The highest BCUT2D eigenvalue weighted by Crippen LogP contribution is 2.32. The lowest BCUT2D eigenvalue weighted by molar-refractivity contribution is -0.307. The third-order valence-corrected chi connectivity index (χ3v) is 2.74. The minimum absolute atomic E-state index is 0.0648. The van der Waals surface area contributed by atoms with Crippen LogP contribution < -0.4 is 5.73 Å². The van der Waals surface area contributed by atoms with Gasteiger partial charge in [-0.3, -0.25) is 5.73 Å². The van der Waals surface area contributed by atoms with E-state index in [0.717, 1.165) is 12.8 Å². The molecule has 0 aliphatic rings. The summed E-state index contributed by atoms with van der Waals surface area (Å²) in [6.45, 7) is 10.8. The van der Waals surface area contributed by atoms with Gasteiger partial charge >= 0.3 is 5.91 Å². The number of ether oxygens (including phenoxy) is 1. The maximum atomic E-state index is 10.8. The first-order chi connectivity index (χ1) is 7.58. The van der Waals surface area contributed by atoms with Crippen molar-refractivity contribution in [3.63, 3.8) is 0 Å². The first-order valence-electron chi connectivity index (χ1n) is 6.25. The van der Waals surface area contributed by atoms with Crippen LogP contribution >= 0.6 is 0 Å². The third-order valence-electron chi connectivity index (χ3n) is 2.74. The van der Waals surface area contributed by atoms with E-state index in [4.69, 9.17) is 4.74 Å². The second-order valence-corrected chi connectivity index (χ2v) is 6.25. The molecule has 0 saturated carbocycles. The fraction of sp³-hybridized carbons (Fsp3) is 0.923. The molecule has 4 nitrogen and oxygen atoms in total. The normalized spacial score (nSPS) is 17.6. The minimum atomic E-state index is -0.745. The van der Waals surface area contributed by atoms with E-state index in [-0.39, 0.29) is 30.0 Å². The topological polar surface area (TPSA) is 74.2 Å². The average Bonchev–Trinajstić information content (AvgIpc) is 2.11. The molecule has 0 bridgehead atoms. The van der Waals surface area contributed by atoms with Crippen molar-refractivity contribution in [1.29, 1.82) is 0 Å². The van der Waals surface area contributed by atoms with Crippen LogP contribution in [0.3, 0.4) is 0 Å². The Morgan fingerprint density at radius 1 is 1.35 bits per heavy atom. The fourth-order valence-electron chi connectivity index (χ4n) is 2.02. The molecule has 0 spiro atoms. The van der Waals surface area contributed by atoms with Crippen LogP contribution in [0.2, 0.25) is 0 Å². The molecule has 0 aliphatic heterocycles. The molecular formula is C13H28NO3+. The van der Waals surface area contributed by atoms with E-state index in [1.54, 1.807) is 0 Å². The van der Waals surface area contributed by atoms with Crippen molar-refractivity contribution >= 4 is 5.91 Å². The quantitative estimate of drug-likeness (QED) is 0.707. The van der Waals surface area contributed by atoms with Crippen molar-refractivity contribution in [1.82, 2.24) is 0 Å². The van der Waals surface area contributed by atoms with Crippen LogP contribution in [0, 0.1) is 5.41 Å². The lowest BCUT2D eigenvalue weighted by atomic mass is 9.81. The lowest BCUT2D eigenvalue weighted by Gasteiger charge is -2.35. The summed E-state index contributed by atoms with van der Waals surface area (Å²) in [5, 5.41) is 9.59. The van der Waals surface area contributed by atoms with Crippen LogP contribution in [0.25, 0.3) is 0 Å². The lowest BCUT2D eigenvalue weighted by Crippen LogP contribution is -2.58. The molecule has 2 atom stereocenters. The van der Waals surface area contributed by atoms with E-state index in [2.05, 4.69) is 40.4 Å². The van der Waals surface area contributed by atoms with E-state index in [0.29, 0.717) is 0 Å². The zero-order chi connectivity index (χ0) is 13.7. The second kappa shape index (κ2) is 6.47. The Hall–Kier alpha value is -0.450. The maximum Gasteiger partial charge on any atom is 0.311 e. The van der Waals surface area contributed by atoms with E-state index < -0.39 is 6.10 Å². The standard InChI is InChI=1S/C13H27NO3/c1-6-13(5,9-12(2,3)4)17-8-10(15)7-11(14)16/h10,15H,6-9H2,1-5H3,(H2,14,16)/p+1. The van der Waals surface area contributed by atoms with Gasteiger partial charge in [0.05, 0.1) is 24.7 Å². The molecule has 0 heterocycles. The number of carbonyl (C=O) groups excluding carboxylic acids is 1. The third kappa shape index (κ3) is 8.30. The van der Waals surface area contributed by atoms with Gasteiger partial charge < -0.3 is 9.84 Å². The first-order valence-corrected chi connectivity index (χ1v) is 6.25. The highest BCUT2D eigenvalue weighted by molar-refractivity contribution is 5.64. The fourth-order valence-corrected chi connectivity index (χ4v) is 2.02. The summed E-state index contributed by atoms with van der Waals surface area (Å²) in [5.41, 5.74) is 3.18. The molecule has 0 saturated heterocycles. The van der Waals surface area contributed by atoms with Gasteiger partial charge in [-0.05, 0) is 25.2 Å². The van der Waals surface area contributed by atoms with Gasteiger partial charge in [-0.2, -0.15) is 0 Å². The molecule has 2 unspecified atom stereocenters. The Balaban J connectivity index is 4.25. The number of amides is 1. The summed E-state index contributed by atoms with van der Waals surface area (Å²) in [4.78, 5) is 10.8. The molecule has 0 aromatic rings. The Kier molecular flexibility index (Phi) is 6.30. The monoisotopic (exact) mass is 246 g/mol. The zero-order valence-corrected chi connectivity index (χ0v) is 11.9.